The Kier molecular flexibility index (Phi) is 9.88. The third-order valence-electron chi connectivity index (χ3n) is 5.81. The summed E-state index contributed by atoms with van der Waals surface area (Å²) in [6, 6.07) is 7.84. The van der Waals surface area contributed by atoms with Crippen LogP contribution in [-0.2, 0) is 19.0 Å². The Morgan fingerprint density at radius 2 is 1.68 bits per heavy atom. The van der Waals surface area contributed by atoms with Gasteiger partial charge in [0.2, 0.25) is 0 Å². The molecule has 0 spiro atoms. The molecule has 0 bridgehead atoms. The number of carbonyl (C=O) groups excluding carboxylic acids is 1. The van der Waals surface area contributed by atoms with E-state index in [9.17, 15) is 45.6 Å². The summed E-state index contributed by atoms with van der Waals surface area (Å²) in [5.74, 6) is -1.61. The van der Waals surface area contributed by atoms with Gasteiger partial charge < -0.3 is 59.8 Å². The molecule has 0 radical (unpaired) electrons. The minimum atomic E-state index is -1.74. The second kappa shape index (κ2) is 12.9. The molecular formula is C25H30O13. The Balaban J connectivity index is 1.55. The minimum Gasteiger partial charge on any atom is -0.504 e. The summed E-state index contributed by atoms with van der Waals surface area (Å²) >= 11 is 0. The fourth-order valence-corrected chi connectivity index (χ4v) is 3.60. The number of aromatic hydroxyl groups is 3. The summed E-state index contributed by atoms with van der Waals surface area (Å²) in [5.41, 5.74) is 0.599. The molecule has 3 rings (SSSR count). The number of benzene rings is 2. The van der Waals surface area contributed by atoms with E-state index in [1.54, 1.807) is 0 Å². The van der Waals surface area contributed by atoms with E-state index >= 15 is 0 Å². The predicted molar refractivity (Wildman–Crippen MR) is 128 cm³/mol. The van der Waals surface area contributed by atoms with Crippen molar-refractivity contribution >= 4 is 12.0 Å². The molecule has 8 N–H and O–H groups in total. The third-order valence-corrected chi connectivity index (χ3v) is 5.81. The van der Waals surface area contributed by atoms with Crippen molar-refractivity contribution in [3.05, 3.63) is 53.6 Å². The lowest BCUT2D eigenvalue weighted by Gasteiger charge is -2.40. The molecule has 0 saturated carbocycles. The van der Waals surface area contributed by atoms with Crippen molar-refractivity contribution in [3.8, 4) is 23.0 Å². The predicted octanol–water partition coefficient (Wildman–Crippen LogP) is -0.713. The first-order valence-corrected chi connectivity index (χ1v) is 11.4. The van der Waals surface area contributed by atoms with Crippen molar-refractivity contribution in [1.82, 2.24) is 0 Å². The van der Waals surface area contributed by atoms with Crippen molar-refractivity contribution < 1.29 is 64.6 Å². The van der Waals surface area contributed by atoms with Gasteiger partial charge in [-0.05, 0) is 41.5 Å². The van der Waals surface area contributed by atoms with E-state index in [1.165, 1.54) is 37.5 Å². The zero-order valence-electron chi connectivity index (χ0n) is 20.2. The van der Waals surface area contributed by atoms with Gasteiger partial charge in [0, 0.05) is 6.08 Å². The average molecular weight is 539 g/mol. The van der Waals surface area contributed by atoms with Crippen molar-refractivity contribution in [1.29, 1.82) is 0 Å². The van der Waals surface area contributed by atoms with E-state index < -0.39 is 73.6 Å². The Morgan fingerprint density at radius 1 is 0.974 bits per heavy atom. The molecular weight excluding hydrogens is 508 g/mol. The number of carbonyl (C=O) groups is 1. The minimum absolute atomic E-state index is 0.0700. The highest BCUT2D eigenvalue weighted by atomic mass is 16.7. The number of esters is 1. The number of phenols is 3. The average Bonchev–Trinajstić information content (AvgIpc) is 2.91. The highest BCUT2D eigenvalue weighted by molar-refractivity contribution is 5.87. The second-order valence-corrected chi connectivity index (χ2v) is 8.50. The number of rotatable bonds is 10. The summed E-state index contributed by atoms with van der Waals surface area (Å²) < 4.78 is 20.8. The maximum absolute atomic E-state index is 12.1. The van der Waals surface area contributed by atoms with Crippen molar-refractivity contribution in [2.24, 2.45) is 0 Å². The molecule has 208 valence electrons. The van der Waals surface area contributed by atoms with Crippen LogP contribution in [0.25, 0.3) is 6.08 Å². The number of methoxy groups -OCH3 is 1. The van der Waals surface area contributed by atoms with Crippen molar-refractivity contribution in [3.63, 3.8) is 0 Å². The number of aliphatic hydroxyl groups excluding tert-OH is 5. The van der Waals surface area contributed by atoms with Crippen LogP contribution in [0.3, 0.4) is 0 Å². The Bertz CT molecular complexity index is 1120. The fourth-order valence-electron chi connectivity index (χ4n) is 3.60. The first kappa shape index (κ1) is 29.1. The van der Waals surface area contributed by atoms with Gasteiger partial charge in [0.1, 0.15) is 43.2 Å². The normalized spacial score (nSPS) is 25.2. The van der Waals surface area contributed by atoms with Crippen molar-refractivity contribution in [2.45, 2.75) is 42.9 Å². The van der Waals surface area contributed by atoms with E-state index in [4.69, 9.17) is 18.9 Å². The molecule has 0 amide bonds. The monoisotopic (exact) mass is 538 g/mol. The van der Waals surface area contributed by atoms with Crippen LogP contribution >= 0.6 is 0 Å². The summed E-state index contributed by atoms with van der Waals surface area (Å²) in [7, 11) is 1.37. The van der Waals surface area contributed by atoms with Gasteiger partial charge in [-0.15, -0.1) is 0 Å². The number of ether oxygens (including phenoxy) is 4. The number of phenolic OH excluding ortho intramolecular Hbond substituents is 3. The molecule has 1 heterocycles. The van der Waals surface area contributed by atoms with Gasteiger partial charge in [-0.1, -0.05) is 12.1 Å². The molecule has 1 aliphatic rings. The molecule has 1 saturated heterocycles. The Hall–Kier alpha value is -3.43. The van der Waals surface area contributed by atoms with Gasteiger partial charge in [-0.25, -0.2) is 4.79 Å². The third kappa shape index (κ3) is 7.11. The quantitative estimate of drug-likeness (QED) is 0.107. The largest absolute Gasteiger partial charge is 0.504 e. The van der Waals surface area contributed by atoms with Crippen LogP contribution < -0.4 is 4.74 Å². The lowest BCUT2D eigenvalue weighted by atomic mass is 9.99. The van der Waals surface area contributed by atoms with Crippen LogP contribution in [0.2, 0.25) is 0 Å². The zero-order valence-corrected chi connectivity index (χ0v) is 20.2. The van der Waals surface area contributed by atoms with Gasteiger partial charge in [-0.3, -0.25) is 0 Å². The van der Waals surface area contributed by atoms with E-state index in [-0.39, 0.29) is 17.1 Å². The molecule has 13 heteroatoms. The van der Waals surface area contributed by atoms with Crippen LogP contribution in [0.15, 0.2) is 42.5 Å². The van der Waals surface area contributed by atoms with Crippen LogP contribution in [0, 0.1) is 0 Å². The van der Waals surface area contributed by atoms with Crippen LogP contribution in [0.4, 0.5) is 0 Å². The van der Waals surface area contributed by atoms with Gasteiger partial charge in [0.15, 0.2) is 29.3 Å². The lowest BCUT2D eigenvalue weighted by Crippen LogP contribution is -2.59. The molecule has 1 fully saturated rings. The lowest BCUT2D eigenvalue weighted by molar-refractivity contribution is -0.306. The second-order valence-electron chi connectivity index (χ2n) is 8.50. The molecule has 7 unspecified atom stereocenters. The molecule has 7 atom stereocenters. The standard InChI is InChI=1S/C25H30O13/c1-35-18-8-12(2-5-15(18)27)3-7-20(30)36-11-19-22(32)23(33)24(34)25(38-19)37-10-17(29)21(31)13-4-6-14(26)16(28)9-13/h2-9,17,19,21-29,31-34H,10-11H2,1H3. The topological polar surface area (TPSA) is 216 Å². The van der Waals surface area contributed by atoms with Crippen LogP contribution in [0.1, 0.15) is 17.2 Å². The van der Waals surface area contributed by atoms with E-state index in [1.807, 2.05) is 0 Å². The van der Waals surface area contributed by atoms with E-state index in [0.29, 0.717) is 5.56 Å². The van der Waals surface area contributed by atoms with Crippen LogP contribution in [0.5, 0.6) is 23.0 Å². The van der Waals surface area contributed by atoms with Gasteiger partial charge in [-0.2, -0.15) is 0 Å². The maximum Gasteiger partial charge on any atom is 0.330 e. The molecule has 1 aliphatic heterocycles. The summed E-state index contributed by atoms with van der Waals surface area (Å²) in [6.07, 6.45) is -8.62. The summed E-state index contributed by atoms with van der Waals surface area (Å²) in [5, 5.41) is 79.7. The van der Waals surface area contributed by atoms with E-state index in [2.05, 4.69) is 0 Å². The van der Waals surface area contributed by atoms with Gasteiger partial charge >= 0.3 is 5.97 Å². The molecule has 13 nitrogen and oxygen atoms in total. The first-order chi connectivity index (χ1) is 18.0. The first-order valence-electron chi connectivity index (χ1n) is 11.4. The number of hydrogen-bond donors (Lipinski definition) is 8. The smallest absolute Gasteiger partial charge is 0.330 e. The number of hydrogen-bond acceptors (Lipinski definition) is 13. The molecule has 2 aromatic rings. The zero-order chi connectivity index (χ0) is 28.0. The van der Waals surface area contributed by atoms with Crippen molar-refractivity contribution in [2.75, 3.05) is 20.3 Å². The molecule has 2 aromatic carbocycles. The SMILES string of the molecule is COc1cc(C=CC(=O)OCC2OC(OCC(O)C(O)c3ccc(O)c(O)c3)C(O)C(O)C2O)ccc1O. The highest BCUT2D eigenvalue weighted by Gasteiger charge is 2.45. The molecule has 0 aliphatic carbocycles. The van der Waals surface area contributed by atoms with Gasteiger partial charge in [0.25, 0.3) is 0 Å². The van der Waals surface area contributed by atoms with Gasteiger partial charge in [0.05, 0.1) is 13.7 Å². The molecule has 0 aromatic heterocycles. The Morgan fingerprint density at radius 3 is 2.37 bits per heavy atom. The van der Waals surface area contributed by atoms with Crippen LogP contribution in [-0.4, -0.2) is 104 Å². The van der Waals surface area contributed by atoms with E-state index in [0.717, 1.165) is 18.2 Å². The maximum atomic E-state index is 12.1. The fraction of sp³-hybridized carbons (Fsp3) is 0.400. The highest BCUT2D eigenvalue weighted by Crippen LogP contribution is 2.30. The summed E-state index contributed by atoms with van der Waals surface area (Å²) in [4.78, 5) is 12.1. The summed E-state index contributed by atoms with van der Waals surface area (Å²) in [6.45, 7) is -1.12. The number of aliphatic hydroxyl groups is 5. The molecule has 38 heavy (non-hydrogen) atoms. The Labute approximate surface area is 217 Å².